The van der Waals surface area contributed by atoms with Crippen molar-refractivity contribution in [3.63, 3.8) is 0 Å². The molecule has 1 aromatic heterocycles. The zero-order chi connectivity index (χ0) is 28.2. The smallest absolute Gasteiger partial charge is 0.253 e. The molecule has 208 valence electrons. The van der Waals surface area contributed by atoms with E-state index in [2.05, 4.69) is 44.1 Å². The second-order valence-electron chi connectivity index (χ2n) is 10.9. The lowest BCUT2D eigenvalue weighted by Crippen LogP contribution is -2.40. The van der Waals surface area contributed by atoms with Gasteiger partial charge in [0.15, 0.2) is 0 Å². The van der Waals surface area contributed by atoms with Crippen LogP contribution in [0, 0.1) is 12.8 Å². The first-order valence-electron chi connectivity index (χ1n) is 14.2. The Bertz CT molecular complexity index is 1570. The highest BCUT2D eigenvalue weighted by atomic mass is 16.2. The number of hydrogen-bond acceptors (Lipinski definition) is 6. The lowest BCUT2D eigenvalue weighted by molar-refractivity contribution is -0.117. The van der Waals surface area contributed by atoms with Gasteiger partial charge in [-0.05, 0) is 92.1 Å². The van der Waals surface area contributed by atoms with Gasteiger partial charge in [-0.25, -0.2) is 4.98 Å². The van der Waals surface area contributed by atoms with Crippen molar-refractivity contribution in [3.05, 3.63) is 101 Å². The molecule has 0 aliphatic carbocycles. The Hall–Kier alpha value is -4.72. The SMILES string of the molecule is Cc1cnc2nc1Nc1ccc(NC(=O)C[C@@H]3CCCN(C(=O)c4ccccc4)C3)c(c1)CCc1cccc(c1)N2. The second kappa shape index (κ2) is 11.8. The lowest BCUT2D eigenvalue weighted by atomic mass is 9.93. The zero-order valence-electron chi connectivity index (χ0n) is 23.2. The minimum atomic E-state index is -0.0219. The average molecular weight is 547 g/mol. The largest absolute Gasteiger partial charge is 0.340 e. The normalized spacial score (nSPS) is 16.2. The van der Waals surface area contributed by atoms with E-state index in [1.54, 1.807) is 6.20 Å². The molecule has 3 heterocycles. The number of carbonyl (C=O) groups excluding carboxylic acids is 2. The number of amides is 2. The van der Waals surface area contributed by atoms with Gasteiger partial charge in [-0.3, -0.25) is 9.59 Å². The van der Waals surface area contributed by atoms with Crippen molar-refractivity contribution >= 4 is 40.6 Å². The molecule has 0 spiro atoms. The third-order valence-corrected chi connectivity index (χ3v) is 7.78. The van der Waals surface area contributed by atoms with Crippen molar-refractivity contribution < 1.29 is 9.59 Å². The van der Waals surface area contributed by atoms with Crippen LogP contribution in [0.3, 0.4) is 0 Å². The number of fused-ring (bicyclic) bond motifs is 6. The molecule has 3 aromatic carbocycles. The summed E-state index contributed by atoms with van der Waals surface area (Å²) in [6.07, 6.45) is 5.61. The van der Waals surface area contributed by atoms with Crippen LogP contribution in [0.1, 0.15) is 46.3 Å². The van der Waals surface area contributed by atoms with E-state index in [9.17, 15) is 9.59 Å². The number of piperidine rings is 1. The zero-order valence-corrected chi connectivity index (χ0v) is 23.2. The predicted octanol–water partition coefficient (Wildman–Crippen LogP) is 6.25. The quantitative estimate of drug-likeness (QED) is 0.280. The van der Waals surface area contributed by atoms with Gasteiger partial charge in [-0.1, -0.05) is 30.3 Å². The van der Waals surface area contributed by atoms with E-state index in [1.807, 2.05) is 66.4 Å². The molecule has 2 aliphatic heterocycles. The van der Waals surface area contributed by atoms with Crippen LogP contribution in [0.15, 0.2) is 79.0 Å². The number of nitrogens with zero attached hydrogens (tertiary/aromatic N) is 3. The Labute approximate surface area is 240 Å². The lowest BCUT2D eigenvalue weighted by Gasteiger charge is -2.32. The number of benzene rings is 3. The summed E-state index contributed by atoms with van der Waals surface area (Å²) in [4.78, 5) is 37.3. The number of nitrogens with one attached hydrogen (secondary N) is 3. The monoisotopic (exact) mass is 546 g/mol. The van der Waals surface area contributed by atoms with E-state index in [-0.39, 0.29) is 17.7 Å². The Morgan fingerprint density at radius 1 is 0.976 bits per heavy atom. The van der Waals surface area contributed by atoms with E-state index in [4.69, 9.17) is 0 Å². The molecule has 41 heavy (non-hydrogen) atoms. The average Bonchev–Trinajstić information content (AvgIpc) is 2.99. The third-order valence-electron chi connectivity index (χ3n) is 7.78. The van der Waals surface area contributed by atoms with E-state index < -0.39 is 0 Å². The fourth-order valence-electron chi connectivity index (χ4n) is 5.62. The van der Waals surface area contributed by atoms with Gasteiger partial charge in [0.05, 0.1) is 0 Å². The van der Waals surface area contributed by atoms with Crippen LogP contribution in [0.2, 0.25) is 0 Å². The number of carbonyl (C=O) groups is 2. The molecule has 8 heteroatoms. The maximum Gasteiger partial charge on any atom is 0.253 e. The summed E-state index contributed by atoms with van der Waals surface area (Å²) < 4.78 is 0. The van der Waals surface area contributed by atoms with Crippen LogP contribution in [-0.2, 0) is 17.6 Å². The maximum atomic E-state index is 13.3. The first kappa shape index (κ1) is 26.5. The topological polar surface area (TPSA) is 99.2 Å². The molecule has 1 atom stereocenters. The van der Waals surface area contributed by atoms with Crippen LogP contribution >= 0.6 is 0 Å². The standard InChI is InChI=1S/C33H34N6O2/c1-22-20-34-33-36-27-11-5-7-23(17-27)12-13-26-19-28(35-31(22)38-33)14-15-29(26)37-30(40)18-24-8-6-16-39(21-24)32(41)25-9-3-2-4-10-25/h2-5,7,9-11,14-15,17,19-20,24H,6,8,12-13,16,18,21H2,1H3,(H,37,40)(H2,34,35,36,38)/t24-/m0/s1. The highest BCUT2D eigenvalue weighted by molar-refractivity contribution is 5.94. The Kier molecular flexibility index (Phi) is 7.63. The van der Waals surface area contributed by atoms with E-state index in [1.165, 1.54) is 5.56 Å². The summed E-state index contributed by atoms with van der Waals surface area (Å²) >= 11 is 0. The molecule has 3 N–H and O–H groups in total. The third kappa shape index (κ3) is 6.38. The van der Waals surface area contributed by atoms with Crippen molar-refractivity contribution in [1.82, 2.24) is 14.9 Å². The second-order valence-corrected chi connectivity index (χ2v) is 10.9. The molecular weight excluding hydrogens is 512 g/mol. The fourth-order valence-corrected chi connectivity index (χ4v) is 5.62. The van der Waals surface area contributed by atoms with Crippen molar-refractivity contribution in [3.8, 4) is 0 Å². The molecule has 1 fully saturated rings. The van der Waals surface area contributed by atoms with Gasteiger partial charge < -0.3 is 20.9 Å². The minimum Gasteiger partial charge on any atom is -0.340 e. The Morgan fingerprint density at radius 3 is 2.71 bits per heavy atom. The highest BCUT2D eigenvalue weighted by Gasteiger charge is 2.26. The predicted molar refractivity (Wildman–Crippen MR) is 162 cm³/mol. The summed E-state index contributed by atoms with van der Waals surface area (Å²) in [5, 5.41) is 9.93. The molecule has 8 nitrogen and oxygen atoms in total. The number of aromatic nitrogens is 2. The van der Waals surface area contributed by atoms with Crippen molar-refractivity contribution in [2.45, 2.75) is 39.0 Å². The maximum absolute atomic E-state index is 13.3. The van der Waals surface area contributed by atoms with Crippen LogP contribution in [-0.4, -0.2) is 39.8 Å². The number of rotatable bonds is 4. The molecule has 4 aromatic rings. The number of anilines is 5. The van der Waals surface area contributed by atoms with Gasteiger partial charge in [0, 0.05) is 53.9 Å². The molecular formula is C33H34N6O2. The van der Waals surface area contributed by atoms with Crippen molar-refractivity contribution in [2.75, 3.05) is 29.0 Å². The van der Waals surface area contributed by atoms with Crippen molar-refractivity contribution in [2.24, 2.45) is 5.92 Å². The Balaban J connectivity index is 1.18. The minimum absolute atomic E-state index is 0.0219. The number of hydrogen-bond donors (Lipinski definition) is 3. The first-order chi connectivity index (χ1) is 20.0. The summed E-state index contributed by atoms with van der Waals surface area (Å²) in [5.41, 5.74) is 6.52. The van der Waals surface area contributed by atoms with Gasteiger partial charge in [0.2, 0.25) is 11.9 Å². The summed E-state index contributed by atoms with van der Waals surface area (Å²) in [7, 11) is 0. The van der Waals surface area contributed by atoms with Gasteiger partial charge >= 0.3 is 0 Å². The molecule has 6 rings (SSSR count). The summed E-state index contributed by atoms with van der Waals surface area (Å²) in [5.74, 6) is 1.41. The molecule has 6 bridgehead atoms. The first-order valence-corrected chi connectivity index (χ1v) is 14.2. The number of likely N-dealkylation sites (tertiary alicyclic amines) is 1. The van der Waals surface area contributed by atoms with Gasteiger partial charge in [-0.15, -0.1) is 0 Å². The Morgan fingerprint density at radius 2 is 1.83 bits per heavy atom. The molecule has 1 saturated heterocycles. The van der Waals surface area contributed by atoms with Crippen LogP contribution in [0.25, 0.3) is 0 Å². The molecule has 0 saturated carbocycles. The molecule has 2 aliphatic rings. The molecule has 0 unspecified atom stereocenters. The van der Waals surface area contributed by atoms with E-state index in [0.29, 0.717) is 24.5 Å². The molecule has 0 radical (unpaired) electrons. The van der Waals surface area contributed by atoms with Crippen molar-refractivity contribution in [1.29, 1.82) is 0 Å². The summed E-state index contributed by atoms with van der Waals surface area (Å²) in [6.45, 7) is 3.30. The van der Waals surface area contributed by atoms with E-state index >= 15 is 0 Å². The molecule has 2 amide bonds. The van der Waals surface area contributed by atoms with Gasteiger partial charge in [0.1, 0.15) is 5.82 Å². The highest BCUT2D eigenvalue weighted by Crippen LogP contribution is 2.29. The van der Waals surface area contributed by atoms with Crippen LogP contribution in [0.5, 0.6) is 0 Å². The van der Waals surface area contributed by atoms with E-state index in [0.717, 1.165) is 66.2 Å². The van der Waals surface area contributed by atoms with Gasteiger partial charge in [-0.2, -0.15) is 4.98 Å². The van der Waals surface area contributed by atoms with Gasteiger partial charge in [0.25, 0.3) is 5.91 Å². The van der Waals surface area contributed by atoms with Crippen LogP contribution in [0.4, 0.5) is 28.8 Å². The number of aryl methyl sites for hydroxylation is 3. The fraction of sp³-hybridized carbons (Fsp3) is 0.273. The summed E-state index contributed by atoms with van der Waals surface area (Å²) in [6, 6.07) is 23.6. The van der Waals surface area contributed by atoms with Crippen LogP contribution < -0.4 is 16.0 Å².